The summed E-state index contributed by atoms with van der Waals surface area (Å²) in [4.78, 5) is 18.5. The number of rotatable bonds is 2. The lowest BCUT2D eigenvalue weighted by Crippen LogP contribution is -2.37. The number of anilines is 1. The summed E-state index contributed by atoms with van der Waals surface area (Å²) in [6, 6.07) is 15.3. The molecule has 2 heterocycles. The molecule has 0 aliphatic carbocycles. The summed E-state index contributed by atoms with van der Waals surface area (Å²) in [7, 11) is 1.86. The summed E-state index contributed by atoms with van der Waals surface area (Å²) >= 11 is 0. The number of guanidine groups is 1. The molecule has 2 aromatic rings. The minimum atomic E-state index is -0.229. The van der Waals surface area contributed by atoms with E-state index >= 15 is 0 Å². The maximum atomic E-state index is 12.2. The average Bonchev–Trinajstić information content (AvgIpc) is 3.02. The number of ether oxygens (including phenoxy) is 2. The van der Waals surface area contributed by atoms with Crippen molar-refractivity contribution in [2.75, 3.05) is 25.2 Å². The summed E-state index contributed by atoms with van der Waals surface area (Å²) < 4.78 is 11.1. The molecule has 0 unspecified atom stereocenters. The van der Waals surface area contributed by atoms with Crippen LogP contribution in [0.2, 0.25) is 0 Å². The number of aliphatic imine (C=N–C) groups is 1. The zero-order chi connectivity index (χ0) is 17.2. The number of carbonyl (C=O) groups excluding carboxylic acids is 1. The first-order chi connectivity index (χ1) is 12.2. The number of benzene rings is 2. The fraction of sp³-hybridized carbons (Fsp3) is 0.158. The number of nitrogens with one attached hydrogen (secondary N) is 1. The van der Waals surface area contributed by atoms with E-state index in [1.807, 2.05) is 60.5 Å². The van der Waals surface area contributed by atoms with E-state index in [-0.39, 0.29) is 5.91 Å². The van der Waals surface area contributed by atoms with Crippen LogP contribution >= 0.6 is 0 Å². The fourth-order valence-corrected chi connectivity index (χ4v) is 2.70. The molecule has 2 aromatic carbocycles. The van der Waals surface area contributed by atoms with Crippen LogP contribution in [0.4, 0.5) is 5.69 Å². The Morgan fingerprint density at radius 3 is 2.64 bits per heavy atom. The van der Waals surface area contributed by atoms with Crippen molar-refractivity contribution in [3.63, 3.8) is 0 Å². The average molecular weight is 335 g/mol. The van der Waals surface area contributed by atoms with Crippen LogP contribution < -0.4 is 19.7 Å². The minimum absolute atomic E-state index is 0.229. The van der Waals surface area contributed by atoms with Crippen LogP contribution in [0.5, 0.6) is 11.5 Å². The van der Waals surface area contributed by atoms with Crippen LogP contribution in [0.1, 0.15) is 5.56 Å². The predicted molar refractivity (Wildman–Crippen MR) is 95.8 cm³/mol. The zero-order valence-electron chi connectivity index (χ0n) is 13.7. The molecule has 25 heavy (non-hydrogen) atoms. The molecule has 1 N–H and O–H groups in total. The highest BCUT2D eigenvalue weighted by atomic mass is 16.6. The zero-order valence-corrected chi connectivity index (χ0v) is 13.7. The lowest BCUT2D eigenvalue weighted by atomic mass is 10.1. The Morgan fingerprint density at radius 2 is 1.84 bits per heavy atom. The molecule has 0 fully saturated rings. The van der Waals surface area contributed by atoms with Crippen molar-refractivity contribution in [2.45, 2.75) is 0 Å². The Hall–Kier alpha value is -3.28. The molecule has 2 aliphatic heterocycles. The summed E-state index contributed by atoms with van der Waals surface area (Å²) in [6.07, 6.45) is 1.74. The quantitative estimate of drug-likeness (QED) is 0.856. The number of fused-ring (bicyclic) bond motifs is 1. The maximum Gasteiger partial charge on any atom is 0.276 e. The van der Waals surface area contributed by atoms with Gasteiger partial charge in [0.25, 0.3) is 5.91 Å². The van der Waals surface area contributed by atoms with Gasteiger partial charge in [0.05, 0.1) is 0 Å². The Bertz CT molecular complexity index is 875. The van der Waals surface area contributed by atoms with E-state index in [0.29, 0.717) is 30.6 Å². The SMILES string of the molecule is CN(C1=N/C(=C\c2ccc3c(c2)OCCO3)C(=O)N1)c1ccccc1. The van der Waals surface area contributed by atoms with Gasteiger partial charge in [0.1, 0.15) is 18.9 Å². The van der Waals surface area contributed by atoms with Crippen LogP contribution in [-0.2, 0) is 4.79 Å². The lowest BCUT2D eigenvalue weighted by Gasteiger charge is -2.18. The van der Waals surface area contributed by atoms with E-state index < -0.39 is 0 Å². The molecular formula is C19H17N3O3. The molecule has 0 saturated carbocycles. The fourth-order valence-electron chi connectivity index (χ4n) is 2.70. The Morgan fingerprint density at radius 1 is 1.08 bits per heavy atom. The van der Waals surface area contributed by atoms with Crippen molar-refractivity contribution < 1.29 is 14.3 Å². The highest BCUT2D eigenvalue weighted by Gasteiger charge is 2.23. The van der Waals surface area contributed by atoms with E-state index in [2.05, 4.69) is 10.3 Å². The van der Waals surface area contributed by atoms with Gasteiger partial charge in [-0.05, 0) is 35.9 Å². The number of hydrogen-bond acceptors (Lipinski definition) is 5. The normalized spacial score (nSPS) is 17.2. The van der Waals surface area contributed by atoms with Crippen LogP contribution in [0.25, 0.3) is 6.08 Å². The molecule has 6 heteroatoms. The Kier molecular flexibility index (Phi) is 3.85. The largest absolute Gasteiger partial charge is 0.486 e. The van der Waals surface area contributed by atoms with Gasteiger partial charge in [-0.25, -0.2) is 4.99 Å². The number of carbonyl (C=O) groups is 1. The van der Waals surface area contributed by atoms with Gasteiger partial charge in [0.15, 0.2) is 11.5 Å². The maximum absolute atomic E-state index is 12.2. The van der Waals surface area contributed by atoms with Crippen molar-refractivity contribution >= 4 is 23.6 Å². The molecule has 2 aliphatic rings. The van der Waals surface area contributed by atoms with Gasteiger partial charge >= 0.3 is 0 Å². The molecular weight excluding hydrogens is 318 g/mol. The first-order valence-corrected chi connectivity index (χ1v) is 8.01. The second-order valence-corrected chi connectivity index (χ2v) is 5.72. The van der Waals surface area contributed by atoms with Crippen molar-refractivity contribution in [3.8, 4) is 11.5 Å². The Balaban J connectivity index is 1.61. The van der Waals surface area contributed by atoms with Crippen LogP contribution in [0, 0.1) is 0 Å². The number of hydrogen-bond donors (Lipinski definition) is 1. The first-order valence-electron chi connectivity index (χ1n) is 8.01. The monoisotopic (exact) mass is 335 g/mol. The van der Waals surface area contributed by atoms with Crippen LogP contribution in [0.15, 0.2) is 59.2 Å². The lowest BCUT2D eigenvalue weighted by molar-refractivity contribution is -0.115. The van der Waals surface area contributed by atoms with E-state index in [9.17, 15) is 4.79 Å². The van der Waals surface area contributed by atoms with Crippen molar-refractivity contribution in [3.05, 3.63) is 59.8 Å². The standard InChI is InChI=1S/C19H17N3O3/c1-22(14-5-3-2-4-6-14)19-20-15(18(23)21-19)11-13-7-8-16-17(12-13)25-10-9-24-16/h2-8,11-12H,9-10H2,1H3,(H,20,21,23)/b15-11-. The molecule has 0 atom stereocenters. The molecule has 0 aromatic heterocycles. The second-order valence-electron chi connectivity index (χ2n) is 5.72. The number of amides is 1. The third kappa shape index (κ3) is 3.06. The summed E-state index contributed by atoms with van der Waals surface area (Å²) in [5, 5.41) is 2.80. The van der Waals surface area contributed by atoms with Gasteiger partial charge in [-0.15, -0.1) is 0 Å². The van der Waals surface area contributed by atoms with Gasteiger partial charge in [0.2, 0.25) is 5.96 Å². The van der Waals surface area contributed by atoms with Crippen LogP contribution in [-0.4, -0.2) is 32.1 Å². The van der Waals surface area contributed by atoms with Gasteiger partial charge in [0, 0.05) is 12.7 Å². The highest BCUT2D eigenvalue weighted by Crippen LogP contribution is 2.31. The van der Waals surface area contributed by atoms with Crippen molar-refractivity contribution in [2.24, 2.45) is 4.99 Å². The van der Waals surface area contributed by atoms with Crippen molar-refractivity contribution in [1.82, 2.24) is 5.32 Å². The Labute approximate surface area is 145 Å². The third-order valence-corrected chi connectivity index (χ3v) is 4.02. The second kappa shape index (κ2) is 6.32. The number of nitrogens with zero attached hydrogens (tertiary/aromatic N) is 2. The van der Waals surface area contributed by atoms with E-state index in [4.69, 9.17) is 9.47 Å². The van der Waals surface area contributed by atoms with E-state index in [1.54, 1.807) is 6.08 Å². The smallest absolute Gasteiger partial charge is 0.276 e. The van der Waals surface area contributed by atoms with Gasteiger partial charge in [-0.2, -0.15) is 0 Å². The summed E-state index contributed by atoms with van der Waals surface area (Å²) in [6.45, 7) is 1.08. The molecule has 0 spiro atoms. The van der Waals surface area contributed by atoms with E-state index in [1.165, 1.54) is 0 Å². The van der Waals surface area contributed by atoms with Gasteiger partial charge in [-0.1, -0.05) is 24.3 Å². The van der Waals surface area contributed by atoms with E-state index in [0.717, 1.165) is 17.0 Å². The molecule has 0 saturated heterocycles. The van der Waals surface area contributed by atoms with Crippen LogP contribution in [0.3, 0.4) is 0 Å². The van der Waals surface area contributed by atoms with Gasteiger partial charge < -0.3 is 14.4 Å². The van der Waals surface area contributed by atoms with Crippen molar-refractivity contribution in [1.29, 1.82) is 0 Å². The molecule has 126 valence electrons. The molecule has 1 amide bonds. The molecule has 4 rings (SSSR count). The molecule has 0 radical (unpaired) electrons. The third-order valence-electron chi connectivity index (χ3n) is 4.02. The summed E-state index contributed by atoms with van der Waals surface area (Å²) in [5.41, 5.74) is 2.14. The minimum Gasteiger partial charge on any atom is -0.486 e. The molecule has 0 bridgehead atoms. The summed E-state index contributed by atoms with van der Waals surface area (Å²) in [5.74, 6) is 1.68. The number of para-hydroxylation sites is 1. The topological polar surface area (TPSA) is 63.2 Å². The first kappa shape index (κ1) is 15.3. The predicted octanol–water partition coefficient (Wildman–Crippen LogP) is 2.42. The van der Waals surface area contributed by atoms with Gasteiger partial charge in [-0.3, -0.25) is 10.1 Å². The molecule has 6 nitrogen and oxygen atoms in total. The highest BCUT2D eigenvalue weighted by molar-refractivity contribution is 6.18.